The van der Waals surface area contributed by atoms with Crippen LogP contribution in [0.3, 0.4) is 0 Å². The topological polar surface area (TPSA) is 79.4 Å². The van der Waals surface area contributed by atoms with Gasteiger partial charge in [0.25, 0.3) is 15.7 Å². The van der Waals surface area contributed by atoms with Crippen LogP contribution in [0.25, 0.3) is 0 Å². The van der Waals surface area contributed by atoms with Gasteiger partial charge in [0.15, 0.2) is 5.03 Å². The van der Waals surface area contributed by atoms with Crippen LogP contribution in [0.2, 0.25) is 0 Å². The van der Waals surface area contributed by atoms with Gasteiger partial charge >= 0.3 is 5.51 Å². The molecule has 158 valence electrons. The Hall–Kier alpha value is -2.46. The Bertz CT molecular complexity index is 976. The minimum atomic E-state index is -5.75. The number of carbonyl (C=O) groups excluding carboxylic acids is 1. The molecule has 10 heteroatoms. The van der Waals surface area contributed by atoms with E-state index < -0.39 is 31.8 Å². The molecule has 0 fully saturated rings. The Morgan fingerprint density at radius 3 is 2.34 bits per heavy atom. The van der Waals surface area contributed by atoms with E-state index in [1.807, 2.05) is 33.0 Å². The molecule has 0 aliphatic heterocycles. The Morgan fingerprint density at radius 1 is 1.14 bits per heavy atom. The van der Waals surface area contributed by atoms with Gasteiger partial charge in [0.1, 0.15) is 0 Å². The van der Waals surface area contributed by atoms with Gasteiger partial charge < -0.3 is 5.32 Å². The van der Waals surface area contributed by atoms with Crippen molar-refractivity contribution in [3.05, 3.63) is 59.3 Å². The monoisotopic (exact) mass is 429 g/mol. The van der Waals surface area contributed by atoms with E-state index in [0.29, 0.717) is 12.6 Å². The Morgan fingerprint density at radius 2 is 1.76 bits per heavy atom. The third-order valence-corrected chi connectivity index (χ3v) is 5.88. The number of sulfone groups is 1. The van der Waals surface area contributed by atoms with Gasteiger partial charge in [-0.2, -0.15) is 13.2 Å². The van der Waals surface area contributed by atoms with Gasteiger partial charge in [-0.1, -0.05) is 24.3 Å². The Kier molecular flexibility index (Phi) is 7.02. The maximum absolute atomic E-state index is 12.9. The lowest BCUT2D eigenvalue weighted by Crippen LogP contribution is -2.30. The standard InChI is InChI=1S/C19H22F3N3O3S/c1-13(2)25(3)12-15-8-5-4-7-14(15)11-24-17(26)16-9-6-10-23-18(16)29(27,28)19(20,21)22/h4-10,13H,11-12H2,1-3H3,(H,24,26). The highest BCUT2D eigenvalue weighted by molar-refractivity contribution is 7.92. The van der Waals surface area contributed by atoms with E-state index in [1.54, 1.807) is 12.1 Å². The zero-order valence-corrected chi connectivity index (χ0v) is 17.0. The molecule has 1 heterocycles. The summed E-state index contributed by atoms with van der Waals surface area (Å²) in [6.07, 6.45) is 0.895. The van der Waals surface area contributed by atoms with Crippen LogP contribution in [0.15, 0.2) is 47.6 Å². The molecule has 29 heavy (non-hydrogen) atoms. The summed E-state index contributed by atoms with van der Waals surface area (Å²) in [5.41, 5.74) is -4.48. The number of hydrogen-bond acceptors (Lipinski definition) is 5. The van der Waals surface area contributed by atoms with E-state index in [4.69, 9.17) is 0 Å². The molecule has 1 aromatic heterocycles. The molecular formula is C19H22F3N3O3S. The number of alkyl halides is 3. The SMILES string of the molecule is CC(C)N(C)Cc1ccccc1CNC(=O)c1cccnc1S(=O)(=O)C(F)(F)F. The van der Waals surface area contributed by atoms with Crippen molar-refractivity contribution >= 4 is 15.7 Å². The van der Waals surface area contributed by atoms with E-state index in [0.717, 1.165) is 23.4 Å². The molecule has 2 rings (SSSR count). The van der Waals surface area contributed by atoms with Crippen LogP contribution in [-0.2, 0) is 22.9 Å². The highest BCUT2D eigenvalue weighted by atomic mass is 32.2. The van der Waals surface area contributed by atoms with Gasteiger partial charge in [0.2, 0.25) is 0 Å². The van der Waals surface area contributed by atoms with Crippen LogP contribution < -0.4 is 5.32 Å². The fraction of sp³-hybridized carbons (Fsp3) is 0.368. The molecule has 0 bridgehead atoms. The normalized spacial score (nSPS) is 12.4. The summed E-state index contributed by atoms with van der Waals surface area (Å²) in [6.45, 7) is 4.72. The number of pyridine rings is 1. The number of amides is 1. The molecular weight excluding hydrogens is 407 g/mol. The lowest BCUT2D eigenvalue weighted by Gasteiger charge is -2.22. The van der Waals surface area contributed by atoms with Crippen LogP contribution in [0.5, 0.6) is 0 Å². The first-order valence-corrected chi connectivity index (χ1v) is 10.2. The van der Waals surface area contributed by atoms with Crippen LogP contribution >= 0.6 is 0 Å². The van der Waals surface area contributed by atoms with Crippen molar-refractivity contribution in [2.45, 2.75) is 43.5 Å². The van der Waals surface area contributed by atoms with Crippen LogP contribution in [-0.4, -0.2) is 42.8 Å². The molecule has 0 saturated heterocycles. The van der Waals surface area contributed by atoms with E-state index >= 15 is 0 Å². The van der Waals surface area contributed by atoms with Gasteiger partial charge in [-0.25, -0.2) is 13.4 Å². The zero-order valence-electron chi connectivity index (χ0n) is 16.2. The first-order chi connectivity index (χ1) is 13.4. The molecule has 0 aliphatic rings. The lowest BCUT2D eigenvalue weighted by molar-refractivity contribution is -0.0438. The van der Waals surface area contributed by atoms with Gasteiger partial charge in [-0.3, -0.25) is 9.69 Å². The van der Waals surface area contributed by atoms with Crippen LogP contribution in [0.1, 0.15) is 35.3 Å². The summed E-state index contributed by atoms with van der Waals surface area (Å²) < 4.78 is 62.1. The van der Waals surface area contributed by atoms with Crippen LogP contribution in [0.4, 0.5) is 13.2 Å². The van der Waals surface area contributed by atoms with Gasteiger partial charge in [-0.05, 0) is 44.2 Å². The van der Waals surface area contributed by atoms with Crippen molar-refractivity contribution in [3.63, 3.8) is 0 Å². The highest BCUT2D eigenvalue weighted by Gasteiger charge is 2.49. The first kappa shape index (κ1) is 22.8. The van der Waals surface area contributed by atoms with Gasteiger partial charge in [0, 0.05) is 25.3 Å². The second-order valence-electron chi connectivity index (χ2n) is 6.77. The molecule has 0 atom stereocenters. The highest BCUT2D eigenvalue weighted by Crippen LogP contribution is 2.30. The Labute approximate surface area is 167 Å². The number of hydrogen-bond donors (Lipinski definition) is 1. The van der Waals surface area contributed by atoms with Gasteiger partial charge in [-0.15, -0.1) is 0 Å². The number of aromatic nitrogens is 1. The van der Waals surface area contributed by atoms with E-state index in [-0.39, 0.29) is 6.54 Å². The number of benzene rings is 1. The van der Waals surface area contributed by atoms with Crippen molar-refractivity contribution in [2.24, 2.45) is 0 Å². The summed E-state index contributed by atoms with van der Waals surface area (Å²) in [4.78, 5) is 17.8. The van der Waals surface area contributed by atoms with E-state index in [9.17, 15) is 26.4 Å². The fourth-order valence-corrected chi connectivity index (χ4v) is 3.36. The molecule has 0 saturated carbocycles. The van der Waals surface area contributed by atoms with E-state index in [1.165, 1.54) is 6.07 Å². The minimum absolute atomic E-state index is 0.0291. The largest absolute Gasteiger partial charge is 0.503 e. The van der Waals surface area contributed by atoms with Crippen molar-refractivity contribution in [3.8, 4) is 0 Å². The molecule has 1 amide bonds. The maximum atomic E-state index is 12.9. The Balaban J connectivity index is 2.24. The van der Waals surface area contributed by atoms with Crippen molar-refractivity contribution in [1.82, 2.24) is 15.2 Å². The predicted octanol–water partition coefficient (Wildman–Crippen LogP) is 3.15. The number of rotatable bonds is 7. The number of nitrogens with zero attached hydrogens (tertiary/aromatic N) is 2. The second-order valence-corrected chi connectivity index (χ2v) is 8.62. The van der Waals surface area contributed by atoms with Crippen molar-refractivity contribution in [1.29, 1.82) is 0 Å². The fourth-order valence-electron chi connectivity index (χ4n) is 2.49. The minimum Gasteiger partial charge on any atom is -0.348 e. The lowest BCUT2D eigenvalue weighted by atomic mass is 10.1. The van der Waals surface area contributed by atoms with E-state index in [2.05, 4.69) is 15.2 Å². The van der Waals surface area contributed by atoms with Crippen molar-refractivity contribution < 1.29 is 26.4 Å². The average molecular weight is 429 g/mol. The molecule has 0 unspecified atom stereocenters. The second kappa shape index (κ2) is 8.91. The molecule has 0 aliphatic carbocycles. The quantitative estimate of drug-likeness (QED) is 0.732. The summed E-state index contributed by atoms with van der Waals surface area (Å²) in [5, 5.41) is 1.19. The summed E-state index contributed by atoms with van der Waals surface area (Å²) in [7, 11) is -3.80. The summed E-state index contributed by atoms with van der Waals surface area (Å²) >= 11 is 0. The van der Waals surface area contributed by atoms with Crippen LogP contribution in [0, 0.1) is 0 Å². The third-order valence-electron chi connectivity index (χ3n) is 4.43. The predicted molar refractivity (Wildman–Crippen MR) is 102 cm³/mol. The summed E-state index contributed by atoms with van der Waals surface area (Å²) in [6, 6.07) is 9.82. The van der Waals surface area contributed by atoms with Gasteiger partial charge in [0.05, 0.1) is 5.56 Å². The zero-order chi connectivity index (χ0) is 21.8. The molecule has 0 spiro atoms. The molecule has 6 nitrogen and oxygen atoms in total. The molecule has 0 radical (unpaired) electrons. The smallest absolute Gasteiger partial charge is 0.348 e. The molecule has 1 aromatic carbocycles. The first-order valence-electron chi connectivity index (χ1n) is 8.76. The maximum Gasteiger partial charge on any atom is 0.503 e. The molecule has 1 N–H and O–H groups in total. The third kappa shape index (κ3) is 5.33. The van der Waals surface area contributed by atoms with Crippen molar-refractivity contribution in [2.75, 3.05) is 7.05 Å². The molecule has 2 aromatic rings. The summed E-state index contributed by atoms with van der Waals surface area (Å²) in [5.74, 6) is -0.951. The number of halogens is 3. The number of nitrogens with one attached hydrogen (secondary N) is 1. The average Bonchev–Trinajstić information content (AvgIpc) is 2.66. The number of carbonyl (C=O) groups is 1.